The minimum Gasteiger partial charge on any atom is -0.467 e. The molecule has 0 bridgehead atoms. The second kappa shape index (κ2) is 34.0. The molecule has 0 radical (unpaired) electrons. The molecule has 10 aromatic rings. The molecule has 0 atom stereocenters. The molecule has 414 valence electrons. The van der Waals surface area contributed by atoms with Gasteiger partial charge in [0, 0.05) is 9.75 Å². The molecule has 1 spiro atoms. The number of aromatic nitrogens is 3. The van der Waals surface area contributed by atoms with Gasteiger partial charge in [0.05, 0.1) is 5.41 Å². The molecule has 2 aliphatic rings. The molecule has 7 aromatic carbocycles. The summed E-state index contributed by atoms with van der Waals surface area (Å²) >= 11 is 1.84. The summed E-state index contributed by atoms with van der Waals surface area (Å²) in [6.45, 7) is 46.4. The largest absolute Gasteiger partial charge is 0.467 e. The molecular formula is C73H95N3OS. The molecule has 0 amide bonds. The summed E-state index contributed by atoms with van der Waals surface area (Å²) in [6.07, 6.45) is 0. The Morgan fingerprint density at radius 2 is 0.615 bits per heavy atom. The standard InChI is InChI=1S/C27H20.C16H14.C6H9N3.C6H8O.C6H8S.6C2H6/c1-17-11-13-21-22-14-12-18(2)16-26(22)27(25(21)15-17)23-9-5-3-7-19(23)20-8-4-6-10-24(20)27;1-11-3-7-15-13(9-11)5-6-14-10-12(2)4-8-16(14)15;1-4-7-5(2)9-6(3)8-4;2*1-5-3-4-6(2)7-5;6*1-2/h3-16H,1-2H3;3-10H,1-2H3;1-3H3;2*3-4H,1-2H3;6*1-2H3. The Morgan fingerprint density at radius 1 is 0.308 bits per heavy atom. The summed E-state index contributed by atoms with van der Waals surface area (Å²) in [5, 5.41) is 5.36. The normalized spacial score (nSPS) is 10.6. The molecule has 0 saturated heterocycles. The van der Waals surface area contributed by atoms with Crippen molar-refractivity contribution in [2.75, 3.05) is 0 Å². The highest BCUT2D eigenvalue weighted by atomic mass is 32.1. The quantitative estimate of drug-likeness (QED) is 0.142. The summed E-state index contributed by atoms with van der Waals surface area (Å²) in [5.74, 6) is 4.34. The molecule has 5 heteroatoms. The van der Waals surface area contributed by atoms with Crippen LogP contribution in [0.3, 0.4) is 0 Å². The average Bonchev–Trinajstić information content (AvgIpc) is 4.22. The molecule has 78 heavy (non-hydrogen) atoms. The molecule has 0 aliphatic heterocycles. The van der Waals surface area contributed by atoms with Crippen LogP contribution >= 0.6 is 11.3 Å². The third kappa shape index (κ3) is 16.8. The predicted molar refractivity (Wildman–Crippen MR) is 347 cm³/mol. The van der Waals surface area contributed by atoms with Crippen LogP contribution in [0.4, 0.5) is 0 Å². The summed E-state index contributed by atoms with van der Waals surface area (Å²) in [6, 6.07) is 57.8. The van der Waals surface area contributed by atoms with Crippen molar-refractivity contribution in [3.63, 3.8) is 0 Å². The first-order chi connectivity index (χ1) is 37.7. The van der Waals surface area contributed by atoms with Crippen LogP contribution in [0.2, 0.25) is 0 Å². The van der Waals surface area contributed by atoms with Gasteiger partial charge in [-0.1, -0.05) is 239 Å². The summed E-state index contributed by atoms with van der Waals surface area (Å²) in [5.41, 5.74) is 16.3. The topological polar surface area (TPSA) is 51.8 Å². The van der Waals surface area contributed by atoms with E-state index in [1.807, 2.05) is 141 Å². The highest BCUT2D eigenvalue weighted by Gasteiger charge is 2.51. The minimum atomic E-state index is -0.199. The second-order valence-corrected chi connectivity index (χ2v) is 19.2. The number of rotatable bonds is 0. The number of hydrogen-bond acceptors (Lipinski definition) is 5. The number of nitrogens with zero attached hydrogens (tertiary/aromatic N) is 3. The highest BCUT2D eigenvalue weighted by molar-refractivity contribution is 7.11. The van der Waals surface area contributed by atoms with Crippen molar-refractivity contribution in [1.82, 2.24) is 15.0 Å². The molecule has 4 nitrogen and oxygen atoms in total. The van der Waals surface area contributed by atoms with Crippen LogP contribution in [0.25, 0.3) is 43.8 Å². The third-order valence-electron chi connectivity index (χ3n) is 12.3. The Balaban J connectivity index is 0.000000349. The van der Waals surface area contributed by atoms with E-state index in [0.29, 0.717) is 0 Å². The molecule has 12 rings (SSSR count). The Morgan fingerprint density at radius 3 is 0.923 bits per heavy atom. The van der Waals surface area contributed by atoms with Gasteiger partial charge in [0.2, 0.25) is 0 Å². The van der Waals surface area contributed by atoms with Gasteiger partial charge >= 0.3 is 0 Å². The van der Waals surface area contributed by atoms with E-state index in [9.17, 15) is 0 Å². The first-order valence-corrected chi connectivity index (χ1v) is 29.6. The average molecular weight is 1060 g/mol. The van der Waals surface area contributed by atoms with Crippen LogP contribution in [0, 0.1) is 76.2 Å². The summed E-state index contributed by atoms with van der Waals surface area (Å²) in [4.78, 5) is 14.8. The third-order valence-corrected chi connectivity index (χ3v) is 13.2. The predicted octanol–water partition coefficient (Wildman–Crippen LogP) is 22.5. The zero-order valence-electron chi connectivity index (χ0n) is 52.2. The fourth-order valence-corrected chi connectivity index (χ4v) is 10.3. The van der Waals surface area contributed by atoms with Crippen LogP contribution in [0.15, 0.2) is 162 Å². The Labute approximate surface area is 477 Å². The number of thiophene rings is 1. The van der Waals surface area contributed by atoms with E-state index < -0.39 is 0 Å². The van der Waals surface area contributed by atoms with Crippen molar-refractivity contribution in [3.05, 3.63) is 241 Å². The molecule has 2 aliphatic carbocycles. The van der Waals surface area contributed by atoms with Crippen molar-refractivity contribution in [3.8, 4) is 22.3 Å². The van der Waals surface area contributed by atoms with E-state index in [-0.39, 0.29) is 5.41 Å². The fourth-order valence-electron chi connectivity index (χ4n) is 9.57. The zero-order valence-corrected chi connectivity index (χ0v) is 53.0. The van der Waals surface area contributed by atoms with Crippen molar-refractivity contribution < 1.29 is 4.42 Å². The lowest BCUT2D eigenvalue weighted by molar-refractivity contribution is 0.504. The molecule has 0 N–H and O–H groups in total. The molecule has 3 aromatic heterocycles. The van der Waals surface area contributed by atoms with Crippen LogP contribution in [-0.2, 0) is 5.41 Å². The van der Waals surface area contributed by atoms with E-state index in [1.165, 1.54) is 98.1 Å². The van der Waals surface area contributed by atoms with Crippen LogP contribution < -0.4 is 0 Å². The molecule has 0 unspecified atom stereocenters. The SMILES string of the molecule is CC.CC.CC.CC.CC.CC.Cc1ccc(C)o1.Cc1ccc(C)s1.Cc1ccc2c(c1)C1(c3ccccc3-c3ccccc31)c1cc(C)ccc1-2.Cc1ccc2c(ccc3cc(C)ccc32)c1.Cc1nc(C)nc(C)n1. The van der Waals surface area contributed by atoms with Gasteiger partial charge in [-0.15, -0.1) is 11.3 Å². The molecule has 3 heterocycles. The smallest absolute Gasteiger partial charge is 0.129 e. The van der Waals surface area contributed by atoms with E-state index in [2.05, 4.69) is 202 Å². The van der Waals surface area contributed by atoms with Gasteiger partial charge in [-0.05, 0) is 166 Å². The first kappa shape index (κ1) is 67.2. The highest BCUT2D eigenvalue weighted by Crippen LogP contribution is 2.62. The van der Waals surface area contributed by atoms with E-state index in [0.717, 1.165) is 29.0 Å². The lowest BCUT2D eigenvalue weighted by atomic mass is 9.70. The van der Waals surface area contributed by atoms with E-state index >= 15 is 0 Å². The fraction of sp³-hybridized carbons (Fsp3) is 0.329. The lowest BCUT2D eigenvalue weighted by Crippen LogP contribution is -2.26. The minimum absolute atomic E-state index is 0.199. The van der Waals surface area contributed by atoms with Crippen LogP contribution in [0.5, 0.6) is 0 Å². The molecular weight excluding hydrogens is 967 g/mol. The monoisotopic (exact) mass is 1060 g/mol. The summed E-state index contributed by atoms with van der Waals surface area (Å²) in [7, 11) is 0. The van der Waals surface area contributed by atoms with Crippen molar-refractivity contribution in [1.29, 1.82) is 0 Å². The van der Waals surface area contributed by atoms with Crippen LogP contribution in [0.1, 0.15) is 166 Å². The van der Waals surface area contributed by atoms with Gasteiger partial charge in [0.1, 0.15) is 29.0 Å². The van der Waals surface area contributed by atoms with Gasteiger partial charge in [0.15, 0.2) is 0 Å². The summed E-state index contributed by atoms with van der Waals surface area (Å²) < 4.78 is 5.08. The van der Waals surface area contributed by atoms with E-state index in [4.69, 9.17) is 4.42 Å². The van der Waals surface area contributed by atoms with Crippen molar-refractivity contribution >= 4 is 32.9 Å². The second-order valence-electron chi connectivity index (χ2n) is 17.7. The Bertz CT molecular complexity index is 3070. The first-order valence-electron chi connectivity index (χ1n) is 28.7. The van der Waals surface area contributed by atoms with Crippen LogP contribution in [-0.4, -0.2) is 15.0 Å². The van der Waals surface area contributed by atoms with Crippen molar-refractivity contribution in [2.45, 2.75) is 165 Å². The number of fused-ring (bicyclic) bond motifs is 13. The van der Waals surface area contributed by atoms with Gasteiger partial charge in [-0.25, -0.2) is 15.0 Å². The number of furan rings is 1. The maximum absolute atomic E-state index is 5.08. The van der Waals surface area contributed by atoms with Gasteiger partial charge in [-0.2, -0.15) is 0 Å². The Hall–Kier alpha value is -6.95. The molecule has 0 fully saturated rings. The van der Waals surface area contributed by atoms with Gasteiger partial charge in [-0.3, -0.25) is 0 Å². The van der Waals surface area contributed by atoms with Gasteiger partial charge < -0.3 is 4.42 Å². The lowest BCUT2D eigenvalue weighted by Gasteiger charge is -2.30. The number of aryl methyl sites for hydroxylation is 11. The maximum Gasteiger partial charge on any atom is 0.129 e. The number of hydrogen-bond donors (Lipinski definition) is 0. The number of benzene rings is 7. The Kier molecular flexibility index (Phi) is 29.3. The molecule has 0 saturated carbocycles. The maximum atomic E-state index is 5.08. The zero-order chi connectivity index (χ0) is 58.7. The van der Waals surface area contributed by atoms with Crippen molar-refractivity contribution in [2.24, 2.45) is 0 Å². The van der Waals surface area contributed by atoms with Gasteiger partial charge in [0.25, 0.3) is 0 Å². The van der Waals surface area contributed by atoms with E-state index in [1.54, 1.807) is 0 Å².